The van der Waals surface area contributed by atoms with Crippen molar-refractivity contribution in [3.63, 3.8) is 0 Å². The summed E-state index contributed by atoms with van der Waals surface area (Å²) in [5.41, 5.74) is 0.907. The maximum absolute atomic E-state index is 5.54. The largest absolute Gasteiger partial charge is 0.490 e. The number of guanidine groups is 1. The van der Waals surface area contributed by atoms with Crippen molar-refractivity contribution in [3.05, 3.63) is 41.9 Å². The Labute approximate surface area is 153 Å². The van der Waals surface area contributed by atoms with Crippen LogP contribution in [0.3, 0.4) is 0 Å². The Morgan fingerprint density at radius 1 is 1.35 bits per heavy atom. The molecule has 0 aliphatic heterocycles. The zero-order valence-corrected chi connectivity index (χ0v) is 15.8. The second kappa shape index (κ2) is 10.0. The van der Waals surface area contributed by atoms with Gasteiger partial charge in [-0.1, -0.05) is 0 Å². The molecule has 0 spiro atoms. The Balaban J connectivity index is 0.00000264. The minimum Gasteiger partial charge on any atom is -0.490 e. The molecule has 0 aliphatic carbocycles. The van der Waals surface area contributed by atoms with Gasteiger partial charge in [-0.2, -0.15) is 0 Å². The van der Waals surface area contributed by atoms with Gasteiger partial charge in [-0.05, 0) is 26.0 Å². The summed E-state index contributed by atoms with van der Waals surface area (Å²) in [4.78, 5) is 12.4. The van der Waals surface area contributed by atoms with Crippen LogP contribution in [-0.4, -0.2) is 36.1 Å². The SMILES string of the molecule is CN=C(NCCOc1cccnc1)NCc1nc(C)c(C)o1.I. The molecule has 23 heavy (non-hydrogen) atoms. The van der Waals surface area contributed by atoms with Gasteiger partial charge in [0.05, 0.1) is 25.0 Å². The average Bonchev–Trinajstić information content (AvgIpc) is 2.86. The van der Waals surface area contributed by atoms with Crippen LogP contribution >= 0.6 is 24.0 Å². The molecule has 0 atom stereocenters. The fourth-order valence-corrected chi connectivity index (χ4v) is 1.77. The summed E-state index contributed by atoms with van der Waals surface area (Å²) in [5.74, 6) is 2.90. The molecule has 0 aliphatic rings. The quantitative estimate of drug-likeness (QED) is 0.315. The third-order valence-corrected chi connectivity index (χ3v) is 3.00. The third kappa shape index (κ3) is 6.43. The first-order valence-corrected chi connectivity index (χ1v) is 7.09. The molecule has 8 heteroatoms. The molecule has 0 fully saturated rings. The van der Waals surface area contributed by atoms with Crippen LogP contribution in [0.1, 0.15) is 17.3 Å². The molecule has 0 aromatic carbocycles. The van der Waals surface area contributed by atoms with E-state index < -0.39 is 0 Å². The minimum absolute atomic E-state index is 0. The Hall–Kier alpha value is -1.84. The highest BCUT2D eigenvalue weighted by Gasteiger charge is 2.06. The van der Waals surface area contributed by atoms with Gasteiger partial charge in [0.2, 0.25) is 5.89 Å². The topological polar surface area (TPSA) is 84.6 Å². The van der Waals surface area contributed by atoms with Crippen molar-refractivity contribution in [2.24, 2.45) is 4.99 Å². The predicted molar refractivity (Wildman–Crippen MR) is 99.3 cm³/mol. The highest BCUT2D eigenvalue weighted by molar-refractivity contribution is 14.0. The smallest absolute Gasteiger partial charge is 0.214 e. The number of hydrogen-bond donors (Lipinski definition) is 2. The summed E-state index contributed by atoms with van der Waals surface area (Å²) in [6, 6.07) is 3.71. The van der Waals surface area contributed by atoms with E-state index in [0.29, 0.717) is 31.5 Å². The van der Waals surface area contributed by atoms with Crippen molar-refractivity contribution in [1.29, 1.82) is 0 Å². The van der Waals surface area contributed by atoms with Gasteiger partial charge < -0.3 is 19.8 Å². The number of rotatable bonds is 6. The first-order valence-electron chi connectivity index (χ1n) is 7.09. The van der Waals surface area contributed by atoms with Crippen molar-refractivity contribution >= 4 is 29.9 Å². The van der Waals surface area contributed by atoms with Crippen LogP contribution in [0, 0.1) is 13.8 Å². The molecule has 2 rings (SSSR count). The van der Waals surface area contributed by atoms with Crippen LogP contribution < -0.4 is 15.4 Å². The number of hydrogen-bond acceptors (Lipinski definition) is 5. The standard InChI is InChI=1S/C15H21N5O2.HI/c1-11-12(2)22-14(20-11)10-19-15(16-3)18-7-8-21-13-5-4-6-17-9-13;/h4-6,9H,7-8,10H2,1-3H3,(H2,16,18,19);1H. The lowest BCUT2D eigenvalue weighted by Crippen LogP contribution is -2.38. The van der Waals surface area contributed by atoms with Crippen molar-refractivity contribution < 1.29 is 9.15 Å². The van der Waals surface area contributed by atoms with Crippen LogP contribution in [0.5, 0.6) is 5.75 Å². The number of aryl methyl sites for hydroxylation is 2. The van der Waals surface area contributed by atoms with Crippen LogP contribution in [0.15, 0.2) is 33.9 Å². The fourth-order valence-electron chi connectivity index (χ4n) is 1.77. The number of ether oxygens (including phenoxy) is 1. The molecule has 2 N–H and O–H groups in total. The zero-order chi connectivity index (χ0) is 15.8. The van der Waals surface area contributed by atoms with Crippen LogP contribution in [-0.2, 0) is 6.54 Å². The summed E-state index contributed by atoms with van der Waals surface area (Å²) in [6.07, 6.45) is 3.39. The molecule has 2 aromatic heterocycles. The molecular formula is C15H22IN5O2. The van der Waals surface area contributed by atoms with Crippen LogP contribution in [0.25, 0.3) is 0 Å². The highest BCUT2D eigenvalue weighted by atomic mass is 127. The van der Waals surface area contributed by atoms with Crippen LogP contribution in [0.4, 0.5) is 0 Å². The number of nitrogens with one attached hydrogen (secondary N) is 2. The normalized spacial score (nSPS) is 10.8. The number of aromatic nitrogens is 2. The third-order valence-electron chi connectivity index (χ3n) is 3.00. The maximum atomic E-state index is 5.54. The summed E-state index contributed by atoms with van der Waals surface area (Å²) in [7, 11) is 1.71. The number of halogens is 1. The van der Waals surface area contributed by atoms with E-state index in [-0.39, 0.29) is 24.0 Å². The van der Waals surface area contributed by atoms with Gasteiger partial charge in [0.25, 0.3) is 0 Å². The summed E-state index contributed by atoms with van der Waals surface area (Å²) in [5, 5.41) is 6.30. The lowest BCUT2D eigenvalue weighted by Gasteiger charge is -2.11. The van der Waals surface area contributed by atoms with E-state index in [2.05, 4.69) is 25.6 Å². The van der Waals surface area contributed by atoms with Gasteiger partial charge in [-0.15, -0.1) is 24.0 Å². The van der Waals surface area contributed by atoms with Gasteiger partial charge in [0, 0.05) is 13.2 Å². The van der Waals surface area contributed by atoms with Gasteiger partial charge in [0.15, 0.2) is 5.96 Å². The number of aliphatic imine (C=N–C) groups is 1. The zero-order valence-electron chi connectivity index (χ0n) is 13.5. The lowest BCUT2D eigenvalue weighted by atomic mass is 10.4. The van der Waals surface area contributed by atoms with Gasteiger partial charge in [0.1, 0.15) is 18.1 Å². The van der Waals surface area contributed by atoms with E-state index in [1.807, 2.05) is 26.0 Å². The Bertz CT molecular complexity index is 596. The molecule has 126 valence electrons. The van der Waals surface area contributed by atoms with E-state index in [0.717, 1.165) is 17.2 Å². The molecule has 0 amide bonds. The highest BCUT2D eigenvalue weighted by Crippen LogP contribution is 2.07. The van der Waals surface area contributed by atoms with Crippen molar-refractivity contribution in [2.75, 3.05) is 20.2 Å². The average molecular weight is 431 g/mol. The Morgan fingerprint density at radius 3 is 2.78 bits per heavy atom. The fraction of sp³-hybridized carbons (Fsp3) is 0.400. The summed E-state index contributed by atoms with van der Waals surface area (Å²) >= 11 is 0. The van der Waals surface area contributed by atoms with E-state index in [4.69, 9.17) is 9.15 Å². The predicted octanol–water partition coefficient (Wildman–Crippen LogP) is 2.05. The van der Waals surface area contributed by atoms with Crippen molar-refractivity contribution in [1.82, 2.24) is 20.6 Å². The second-order valence-corrected chi connectivity index (χ2v) is 4.64. The number of pyridine rings is 1. The van der Waals surface area contributed by atoms with E-state index in [1.165, 1.54) is 0 Å². The van der Waals surface area contributed by atoms with E-state index in [9.17, 15) is 0 Å². The van der Waals surface area contributed by atoms with Gasteiger partial charge in [-0.3, -0.25) is 9.98 Å². The molecule has 0 bridgehead atoms. The lowest BCUT2D eigenvalue weighted by molar-refractivity contribution is 0.320. The first-order chi connectivity index (χ1) is 10.7. The molecule has 0 saturated heterocycles. The van der Waals surface area contributed by atoms with Crippen LogP contribution in [0.2, 0.25) is 0 Å². The molecule has 0 saturated carbocycles. The second-order valence-electron chi connectivity index (χ2n) is 4.64. The minimum atomic E-state index is 0. The molecule has 2 heterocycles. The Kier molecular flexibility index (Phi) is 8.38. The Morgan fingerprint density at radius 2 is 2.17 bits per heavy atom. The number of oxazole rings is 1. The van der Waals surface area contributed by atoms with Gasteiger partial charge in [-0.25, -0.2) is 4.98 Å². The van der Waals surface area contributed by atoms with Crippen molar-refractivity contribution in [2.45, 2.75) is 20.4 Å². The first kappa shape index (κ1) is 19.2. The summed E-state index contributed by atoms with van der Waals surface area (Å²) < 4.78 is 11.0. The molecule has 0 unspecified atom stereocenters. The molecular weight excluding hydrogens is 409 g/mol. The van der Waals surface area contributed by atoms with E-state index >= 15 is 0 Å². The summed E-state index contributed by atoms with van der Waals surface area (Å²) in [6.45, 7) is 5.44. The molecule has 2 aromatic rings. The van der Waals surface area contributed by atoms with Crippen molar-refractivity contribution in [3.8, 4) is 5.75 Å². The molecule has 7 nitrogen and oxygen atoms in total. The van der Waals surface area contributed by atoms with E-state index in [1.54, 1.807) is 19.4 Å². The van der Waals surface area contributed by atoms with Gasteiger partial charge >= 0.3 is 0 Å². The monoisotopic (exact) mass is 431 g/mol. The maximum Gasteiger partial charge on any atom is 0.214 e. The molecule has 0 radical (unpaired) electrons. The number of nitrogens with zero attached hydrogens (tertiary/aromatic N) is 3.